The lowest BCUT2D eigenvalue weighted by Crippen LogP contribution is -2.17. The minimum absolute atomic E-state index is 0.311. The van der Waals surface area contributed by atoms with Crippen molar-refractivity contribution in [2.24, 2.45) is 0 Å². The van der Waals surface area contributed by atoms with E-state index in [0.29, 0.717) is 6.04 Å². The number of pyridine rings is 1. The number of aryl methyl sites for hydroxylation is 2. The van der Waals surface area contributed by atoms with Crippen molar-refractivity contribution in [2.45, 2.75) is 43.7 Å². The summed E-state index contributed by atoms with van der Waals surface area (Å²) in [6.45, 7) is 9.30. The van der Waals surface area contributed by atoms with E-state index in [0.717, 1.165) is 27.2 Å². The lowest BCUT2D eigenvalue weighted by atomic mass is 10.1. The van der Waals surface area contributed by atoms with Gasteiger partial charge in [-0.1, -0.05) is 36.4 Å². The van der Waals surface area contributed by atoms with E-state index in [9.17, 15) is 0 Å². The smallest absolute Gasteiger partial charge is 0.101 e. The number of rotatable bonds is 5. The fourth-order valence-corrected chi connectivity index (χ4v) is 3.52. The lowest BCUT2D eigenvalue weighted by molar-refractivity contribution is 0.598. The minimum atomic E-state index is 0.311. The van der Waals surface area contributed by atoms with Crippen LogP contribution in [0.1, 0.15) is 36.7 Å². The number of nitrogens with one attached hydrogen (secondary N) is 1. The summed E-state index contributed by atoms with van der Waals surface area (Å²) in [4.78, 5) is 5.59. The van der Waals surface area contributed by atoms with Crippen molar-refractivity contribution in [1.82, 2.24) is 10.3 Å². The van der Waals surface area contributed by atoms with Gasteiger partial charge < -0.3 is 5.32 Å². The Morgan fingerprint density at radius 1 is 1.24 bits per heavy atom. The summed E-state index contributed by atoms with van der Waals surface area (Å²) in [5, 5.41) is 5.16. The highest BCUT2D eigenvalue weighted by Crippen LogP contribution is 2.34. The lowest BCUT2D eigenvalue weighted by Gasteiger charge is -2.14. The highest BCUT2D eigenvalue weighted by atomic mass is 35.5. The Kier molecular flexibility index (Phi) is 5.68. The molecule has 0 bridgehead atoms. The highest BCUT2D eigenvalue weighted by molar-refractivity contribution is 7.99. The average Bonchev–Trinajstić information content (AvgIpc) is 2.40. The first kappa shape index (κ1) is 16.3. The molecule has 1 N–H and O–H groups in total. The van der Waals surface area contributed by atoms with Gasteiger partial charge in [0.15, 0.2) is 0 Å². The van der Waals surface area contributed by atoms with Crippen molar-refractivity contribution in [2.75, 3.05) is 6.54 Å². The maximum Gasteiger partial charge on any atom is 0.101 e. The third-order valence-electron chi connectivity index (χ3n) is 3.26. The van der Waals surface area contributed by atoms with Crippen molar-refractivity contribution in [3.63, 3.8) is 0 Å². The van der Waals surface area contributed by atoms with Crippen LogP contribution < -0.4 is 5.32 Å². The summed E-state index contributed by atoms with van der Waals surface area (Å²) < 4.78 is 0. The molecule has 112 valence electrons. The molecule has 1 aromatic heterocycles. The molecular weight excluding hydrogens is 300 g/mol. The van der Waals surface area contributed by atoms with Gasteiger partial charge in [0.05, 0.1) is 5.02 Å². The molecule has 2 rings (SSSR count). The predicted octanol–water partition coefficient (Wildman–Crippen LogP) is 5.17. The second kappa shape index (κ2) is 7.30. The standard InChI is InChI=1S/C17H21ClN2S/c1-5-19-13(4)14-6-7-16(15(18)10-14)21-17-9-11(2)8-12(3)20-17/h6-10,13,19H,5H2,1-4H3. The van der Waals surface area contributed by atoms with E-state index >= 15 is 0 Å². The maximum absolute atomic E-state index is 6.43. The SMILES string of the molecule is CCNC(C)c1ccc(Sc2cc(C)cc(C)n2)c(Cl)c1. The Hall–Kier alpha value is -1.03. The van der Waals surface area contributed by atoms with Gasteiger partial charge in [-0.3, -0.25) is 0 Å². The molecule has 0 saturated heterocycles. The van der Waals surface area contributed by atoms with E-state index in [1.54, 1.807) is 11.8 Å². The van der Waals surface area contributed by atoms with Gasteiger partial charge in [0, 0.05) is 16.6 Å². The van der Waals surface area contributed by atoms with Gasteiger partial charge >= 0.3 is 0 Å². The molecular formula is C17H21ClN2S. The Balaban J connectivity index is 2.21. The molecule has 0 saturated carbocycles. The quantitative estimate of drug-likeness (QED) is 0.822. The van der Waals surface area contributed by atoms with Crippen LogP contribution >= 0.6 is 23.4 Å². The van der Waals surface area contributed by atoms with E-state index in [1.807, 2.05) is 13.0 Å². The van der Waals surface area contributed by atoms with Gasteiger partial charge in [-0.15, -0.1) is 0 Å². The van der Waals surface area contributed by atoms with Crippen molar-refractivity contribution in [3.8, 4) is 0 Å². The number of benzene rings is 1. The first-order valence-electron chi connectivity index (χ1n) is 7.15. The normalized spacial score (nSPS) is 12.4. The molecule has 1 heterocycles. The fourth-order valence-electron chi connectivity index (χ4n) is 2.26. The molecule has 0 radical (unpaired) electrons. The van der Waals surface area contributed by atoms with Crippen LogP contribution in [-0.4, -0.2) is 11.5 Å². The summed E-state index contributed by atoms with van der Waals surface area (Å²) in [7, 11) is 0. The molecule has 0 aliphatic heterocycles. The largest absolute Gasteiger partial charge is 0.310 e. The van der Waals surface area contributed by atoms with Gasteiger partial charge in [0.25, 0.3) is 0 Å². The molecule has 1 atom stereocenters. The zero-order valence-corrected chi connectivity index (χ0v) is 14.5. The second-order valence-corrected chi connectivity index (χ2v) is 6.66. The number of aromatic nitrogens is 1. The first-order valence-corrected chi connectivity index (χ1v) is 8.35. The van der Waals surface area contributed by atoms with Crippen LogP contribution in [0.5, 0.6) is 0 Å². The molecule has 2 nitrogen and oxygen atoms in total. The summed E-state index contributed by atoms with van der Waals surface area (Å²) in [5.74, 6) is 0. The molecule has 1 aromatic carbocycles. The minimum Gasteiger partial charge on any atom is -0.310 e. The molecule has 0 fully saturated rings. The Morgan fingerprint density at radius 3 is 2.62 bits per heavy atom. The van der Waals surface area contributed by atoms with Crippen LogP contribution in [0, 0.1) is 13.8 Å². The Bertz CT molecular complexity index is 608. The molecule has 0 amide bonds. The predicted molar refractivity (Wildman–Crippen MR) is 91.4 cm³/mol. The van der Waals surface area contributed by atoms with Gasteiger partial charge in [-0.2, -0.15) is 0 Å². The van der Waals surface area contributed by atoms with Crippen LogP contribution in [0.2, 0.25) is 5.02 Å². The summed E-state index contributed by atoms with van der Waals surface area (Å²) >= 11 is 8.04. The summed E-state index contributed by atoms with van der Waals surface area (Å²) in [6, 6.07) is 10.7. The van der Waals surface area contributed by atoms with E-state index in [4.69, 9.17) is 11.6 Å². The molecule has 0 spiro atoms. The Morgan fingerprint density at radius 2 is 2.00 bits per heavy atom. The van der Waals surface area contributed by atoms with E-state index < -0.39 is 0 Å². The monoisotopic (exact) mass is 320 g/mol. The van der Waals surface area contributed by atoms with Crippen molar-refractivity contribution in [3.05, 3.63) is 52.2 Å². The van der Waals surface area contributed by atoms with Crippen LogP contribution in [0.15, 0.2) is 40.3 Å². The molecule has 0 aliphatic carbocycles. The molecule has 2 aromatic rings. The highest BCUT2D eigenvalue weighted by Gasteiger charge is 2.09. The number of nitrogens with zero attached hydrogens (tertiary/aromatic N) is 1. The van der Waals surface area contributed by atoms with E-state index in [1.165, 1.54) is 11.1 Å². The second-order valence-electron chi connectivity index (χ2n) is 5.20. The number of hydrogen-bond donors (Lipinski definition) is 1. The van der Waals surface area contributed by atoms with Gasteiger partial charge in [-0.05, 0) is 62.7 Å². The van der Waals surface area contributed by atoms with Gasteiger partial charge in [0.2, 0.25) is 0 Å². The fraction of sp³-hybridized carbons (Fsp3) is 0.353. The summed E-state index contributed by atoms with van der Waals surface area (Å²) in [5.41, 5.74) is 3.46. The Labute approximate surface area is 136 Å². The molecule has 1 unspecified atom stereocenters. The van der Waals surface area contributed by atoms with Crippen LogP contribution in [0.4, 0.5) is 0 Å². The third-order valence-corrected chi connectivity index (χ3v) is 4.67. The van der Waals surface area contributed by atoms with Crippen LogP contribution in [0.25, 0.3) is 0 Å². The van der Waals surface area contributed by atoms with E-state index in [2.05, 4.69) is 55.3 Å². The van der Waals surface area contributed by atoms with Crippen molar-refractivity contribution < 1.29 is 0 Å². The average molecular weight is 321 g/mol. The van der Waals surface area contributed by atoms with Crippen LogP contribution in [0.3, 0.4) is 0 Å². The molecule has 0 aliphatic rings. The molecule has 21 heavy (non-hydrogen) atoms. The number of hydrogen-bond acceptors (Lipinski definition) is 3. The van der Waals surface area contributed by atoms with E-state index in [-0.39, 0.29) is 0 Å². The van der Waals surface area contributed by atoms with Gasteiger partial charge in [-0.25, -0.2) is 4.98 Å². The zero-order chi connectivity index (χ0) is 15.4. The maximum atomic E-state index is 6.43. The van der Waals surface area contributed by atoms with Gasteiger partial charge in [0.1, 0.15) is 5.03 Å². The zero-order valence-electron chi connectivity index (χ0n) is 12.9. The molecule has 4 heteroatoms. The topological polar surface area (TPSA) is 24.9 Å². The summed E-state index contributed by atoms with van der Waals surface area (Å²) in [6.07, 6.45) is 0. The van der Waals surface area contributed by atoms with Crippen molar-refractivity contribution in [1.29, 1.82) is 0 Å². The first-order chi connectivity index (χ1) is 9.99. The van der Waals surface area contributed by atoms with Crippen LogP contribution in [-0.2, 0) is 0 Å². The van der Waals surface area contributed by atoms with Crippen molar-refractivity contribution >= 4 is 23.4 Å². The number of halogens is 1. The third kappa shape index (κ3) is 4.47.